The van der Waals surface area contributed by atoms with Crippen LogP contribution in [0.1, 0.15) is 12.7 Å². The number of H-pyrrole nitrogens is 1. The molecule has 2 aromatic rings. The van der Waals surface area contributed by atoms with Crippen LogP contribution in [0.3, 0.4) is 0 Å². The minimum Gasteiger partial charge on any atom is -0.334 e. The van der Waals surface area contributed by atoms with Crippen LogP contribution in [0.5, 0.6) is 0 Å². The maximum Gasteiger partial charge on any atom is 0.258 e. The summed E-state index contributed by atoms with van der Waals surface area (Å²) in [5.41, 5.74) is 0.385. The lowest BCUT2D eigenvalue weighted by Crippen LogP contribution is -2.41. The lowest BCUT2D eigenvalue weighted by Gasteiger charge is -2.23. The van der Waals surface area contributed by atoms with E-state index >= 15 is 0 Å². The maximum atomic E-state index is 12.4. The Morgan fingerprint density at radius 3 is 2.88 bits per heavy atom. The Bertz CT molecular complexity index is 835. The molecule has 0 bridgehead atoms. The molecule has 24 heavy (non-hydrogen) atoms. The van der Waals surface area contributed by atoms with Crippen molar-refractivity contribution in [2.24, 2.45) is 0 Å². The standard InChI is InChI=1S/C16H18N4O3S/c1-2-19(14(21)8-20-10-24-9-15(20)22)7-13-17-12-6-4-3-5-11(12)16(23)18-13/h3-6H,2,7-10H2,1H3,(H,17,18,23). The summed E-state index contributed by atoms with van der Waals surface area (Å²) in [4.78, 5) is 46.5. The summed E-state index contributed by atoms with van der Waals surface area (Å²) in [5.74, 6) is 1.26. The molecule has 1 N–H and O–H groups in total. The van der Waals surface area contributed by atoms with Crippen LogP contribution < -0.4 is 5.56 Å². The SMILES string of the molecule is CCN(Cc1nc2ccccc2c(=O)[nH]1)C(=O)CN1CSCC1=O. The fourth-order valence-electron chi connectivity index (χ4n) is 2.57. The molecule has 0 spiro atoms. The molecule has 1 aliphatic heterocycles. The summed E-state index contributed by atoms with van der Waals surface area (Å²) in [6, 6.07) is 7.08. The Morgan fingerprint density at radius 1 is 1.38 bits per heavy atom. The van der Waals surface area contributed by atoms with Gasteiger partial charge < -0.3 is 14.8 Å². The van der Waals surface area contributed by atoms with E-state index in [0.29, 0.717) is 34.9 Å². The van der Waals surface area contributed by atoms with E-state index in [1.165, 1.54) is 11.8 Å². The van der Waals surface area contributed by atoms with Crippen LogP contribution in [0.25, 0.3) is 10.9 Å². The summed E-state index contributed by atoms with van der Waals surface area (Å²) in [6.07, 6.45) is 0. The number of rotatable bonds is 5. The molecule has 2 amide bonds. The number of carbonyl (C=O) groups excluding carboxylic acids is 2. The minimum atomic E-state index is -0.217. The van der Waals surface area contributed by atoms with Gasteiger partial charge in [0.05, 0.1) is 29.1 Å². The number of carbonyl (C=O) groups is 2. The molecule has 8 heteroatoms. The van der Waals surface area contributed by atoms with E-state index in [2.05, 4.69) is 9.97 Å². The zero-order valence-corrected chi connectivity index (χ0v) is 14.1. The Balaban J connectivity index is 1.76. The second kappa shape index (κ2) is 7.04. The van der Waals surface area contributed by atoms with Crippen molar-refractivity contribution in [3.8, 4) is 0 Å². The summed E-state index contributed by atoms with van der Waals surface area (Å²) < 4.78 is 0. The molecule has 1 saturated heterocycles. The number of amides is 2. The van der Waals surface area contributed by atoms with Crippen molar-refractivity contribution >= 4 is 34.5 Å². The highest BCUT2D eigenvalue weighted by Gasteiger charge is 2.25. The molecule has 1 fully saturated rings. The van der Waals surface area contributed by atoms with Crippen molar-refractivity contribution in [2.75, 3.05) is 24.7 Å². The van der Waals surface area contributed by atoms with Crippen molar-refractivity contribution in [1.29, 1.82) is 0 Å². The quantitative estimate of drug-likeness (QED) is 0.866. The normalized spacial score (nSPS) is 14.4. The smallest absolute Gasteiger partial charge is 0.258 e. The highest BCUT2D eigenvalue weighted by Crippen LogP contribution is 2.15. The predicted molar refractivity (Wildman–Crippen MR) is 92.5 cm³/mol. The minimum absolute atomic E-state index is 0.0124. The Labute approximate surface area is 143 Å². The van der Waals surface area contributed by atoms with Crippen LogP contribution >= 0.6 is 11.8 Å². The van der Waals surface area contributed by atoms with Gasteiger partial charge in [0.2, 0.25) is 11.8 Å². The van der Waals surface area contributed by atoms with E-state index in [4.69, 9.17) is 0 Å². The zero-order chi connectivity index (χ0) is 17.1. The number of aromatic amines is 1. The third kappa shape index (κ3) is 3.43. The van der Waals surface area contributed by atoms with Gasteiger partial charge in [0.15, 0.2) is 0 Å². The van der Waals surface area contributed by atoms with E-state index in [1.807, 2.05) is 13.0 Å². The Hall–Kier alpha value is -2.35. The average molecular weight is 346 g/mol. The van der Waals surface area contributed by atoms with Crippen LogP contribution in [0, 0.1) is 0 Å². The molecule has 126 valence electrons. The van der Waals surface area contributed by atoms with E-state index in [9.17, 15) is 14.4 Å². The number of benzene rings is 1. The molecule has 0 atom stereocenters. The zero-order valence-electron chi connectivity index (χ0n) is 13.3. The fraction of sp³-hybridized carbons (Fsp3) is 0.375. The van der Waals surface area contributed by atoms with Crippen LogP contribution in [0.15, 0.2) is 29.1 Å². The first kappa shape index (κ1) is 16.5. The first-order chi connectivity index (χ1) is 11.6. The number of likely N-dealkylation sites (N-methyl/N-ethyl adjacent to an activating group) is 1. The lowest BCUT2D eigenvalue weighted by atomic mass is 10.2. The second-order valence-corrected chi connectivity index (χ2v) is 6.46. The van der Waals surface area contributed by atoms with Crippen molar-refractivity contribution in [3.05, 3.63) is 40.4 Å². The summed E-state index contributed by atoms with van der Waals surface area (Å²) in [6.45, 7) is 2.62. The van der Waals surface area contributed by atoms with Crippen molar-refractivity contribution < 1.29 is 9.59 Å². The largest absolute Gasteiger partial charge is 0.334 e. The molecular formula is C16H18N4O3S. The third-order valence-corrected chi connectivity index (χ3v) is 4.83. The number of aromatic nitrogens is 2. The van der Waals surface area contributed by atoms with Crippen molar-refractivity contribution in [2.45, 2.75) is 13.5 Å². The Morgan fingerprint density at radius 2 is 2.17 bits per heavy atom. The summed E-state index contributed by atoms with van der Waals surface area (Å²) >= 11 is 1.50. The van der Waals surface area contributed by atoms with Crippen LogP contribution in [0.4, 0.5) is 0 Å². The van der Waals surface area contributed by atoms with Crippen LogP contribution in [-0.4, -0.2) is 56.3 Å². The first-order valence-corrected chi connectivity index (χ1v) is 8.85. The summed E-state index contributed by atoms with van der Waals surface area (Å²) in [5, 5.41) is 0.523. The molecule has 3 rings (SSSR count). The number of fused-ring (bicyclic) bond motifs is 1. The van der Waals surface area contributed by atoms with E-state index < -0.39 is 0 Å². The van der Waals surface area contributed by atoms with E-state index in [1.54, 1.807) is 28.0 Å². The molecule has 1 aromatic heterocycles. The molecule has 7 nitrogen and oxygen atoms in total. The monoisotopic (exact) mass is 346 g/mol. The molecule has 2 heterocycles. The maximum absolute atomic E-state index is 12.4. The molecule has 0 unspecified atom stereocenters. The van der Waals surface area contributed by atoms with Crippen LogP contribution in [0.2, 0.25) is 0 Å². The molecule has 0 radical (unpaired) electrons. The van der Waals surface area contributed by atoms with Gasteiger partial charge in [-0.3, -0.25) is 14.4 Å². The van der Waals surface area contributed by atoms with Gasteiger partial charge in [-0.05, 0) is 19.1 Å². The average Bonchev–Trinajstić information content (AvgIpc) is 2.97. The topological polar surface area (TPSA) is 86.4 Å². The van der Waals surface area contributed by atoms with Gasteiger partial charge in [-0.25, -0.2) is 4.98 Å². The number of para-hydroxylation sites is 1. The van der Waals surface area contributed by atoms with Crippen molar-refractivity contribution in [3.63, 3.8) is 0 Å². The highest BCUT2D eigenvalue weighted by molar-refractivity contribution is 8.00. The fourth-order valence-corrected chi connectivity index (χ4v) is 3.47. The highest BCUT2D eigenvalue weighted by atomic mass is 32.2. The molecule has 1 aromatic carbocycles. The molecular weight excluding hydrogens is 328 g/mol. The lowest BCUT2D eigenvalue weighted by molar-refractivity contribution is -0.138. The number of hydrogen-bond donors (Lipinski definition) is 1. The number of nitrogens with zero attached hydrogens (tertiary/aromatic N) is 3. The first-order valence-electron chi connectivity index (χ1n) is 7.69. The van der Waals surface area contributed by atoms with Gasteiger partial charge in [-0.2, -0.15) is 0 Å². The Kier molecular flexibility index (Phi) is 4.84. The number of hydrogen-bond acceptors (Lipinski definition) is 5. The summed E-state index contributed by atoms with van der Waals surface area (Å²) in [7, 11) is 0. The van der Waals surface area contributed by atoms with Crippen molar-refractivity contribution in [1.82, 2.24) is 19.8 Å². The predicted octanol–water partition coefficient (Wildman–Crippen LogP) is 0.804. The molecule has 1 aliphatic rings. The van der Waals surface area contributed by atoms with Gasteiger partial charge >= 0.3 is 0 Å². The van der Waals surface area contributed by atoms with Gasteiger partial charge in [-0.1, -0.05) is 12.1 Å². The molecule has 0 aliphatic carbocycles. The van der Waals surface area contributed by atoms with Gasteiger partial charge in [-0.15, -0.1) is 11.8 Å². The van der Waals surface area contributed by atoms with Crippen LogP contribution in [-0.2, 0) is 16.1 Å². The van der Waals surface area contributed by atoms with Gasteiger partial charge in [0.1, 0.15) is 12.4 Å². The number of thioether (sulfide) groups is 1. The molecule has 0 saturated carbocycles. The number of nitrogens with one attached hydrogen (secondary N) is 1. The van der Waals surface area contributed by atoms with E-state index in [-0.39, 0.29) is 30.5 Å². The van der Waals surface area contributed by atoms with Gasteiger partial charge in [0.25, 0.3) is 5.56 Å². The van der Waals surface area contributed by atoms with E-state index in [0.717, 1.165) is 0 Å². The van der Waals surface area contributed by atoms with Gasteiger partial charge in [0, 0.05) is 6.54 Å². The third-order valence-electron chi connectivity index (χ3n) is 3.89. The second-order valence-electron chi connectivity index (χ2n) is 5.51.